The first-order valence-corrected chi connectivity index (χ1v) is 4.41. The van der Waals surface area contributed by atoms with Crippen LogP contribution in [0.4, 0.5) is 0 Å². The standard InChI is InChI=1S/C11H14N2O/c1-9-8-10(4-6-12-9)11(14)5-7-13(2)3/h4-8H,1-3H3/b7-5+. The third kappa shape index (κ3) is 3.01. The van der Waals surface area contributed by atoms with Gasteiger partial charge in [-0.1, -0.05) is 0 Å². The number of ketones is 1. The van der Waals surface area contributed by atoms with Crippen molar-refractivity contribution in [2.24, 2.45) is 0 Å². The topological polar surface area (TPSA) is 33.2 Å². The molecule has 0 fully saturated rings. The molecule has 0 saturated carbocycles. The van der Waals surface area contributed by atoms with E-state index in [2.05, 4.69) is 4.98 Å². The summed E-state index contributed by atoms with van der Waals surface area (Å²) in [6, 6.07) is 3.50. The van der Waals surface area contributed by atoms with E-state index in [1.165, 1.54) is 0 Å². The molecule has 0 aliphatic heterocycles. The van der Waals surface area contributed by atoms with Gasteiger partial charge in [0.2, 0.25) is 0 Å². The second kappa shape index (κ2) is 4.56. The summed E-state index contributed by atoms with van der Waals surface area (Å²) < 4.78 is 0. The summed E-state index contributed by atoms with van der Waals surface area (Å²) in [6.07, 6.45) is 4.93. The van der Waals surface area contributed by atoms with Crippen molar-refractivity contribution in [1.29, 1.82) is 0 Å². The molecule has 0 saturated heterocycles. The third-order valence-electron chi connectivity index (χ3n) is 1.71. The van der Waals surface area contributed by atoms with Gasteiger partial charge in [0.15, 0.2) is 5.78 Å². The molecule has 0 amide bonds. The van der Waals surface area contributed by atoms with E-state index in [-0.39, 0.29) is 5.78 Å². The summed E-state index contributed by atoms with van der Waals surface area (Å²) >= 11 is 0. The minimum absolute atomic E-state index is 0.00389. The zero-order valence-electron chi connectivity index (χ0n) is 8.69. The van der Waals surface area contributed by atoms with Crippen LogP contribution >= 0.6 is 0 Å². The van der Waals surface area contributed by atoms with Crippen molar-refractivity contribution in [2.75, 3.05) is 14.1 Å². The Morgan fingerprint density at radius 3 is 2.79 bits per heavy atom. The van der Waals surface area contributed by atoms with E-state index in [4.69, 9.17) is 0 Å². The maximum Gasteiger partial charge on any atom is 0.187 e. The van der Waals surface area contributed by atoms with Crippen LogP contribution in [-0.2, 0) is 0 Å². The molecule has 0 aliphatic carbocycles. The lowest BCUT2D eigenvalue weighted by molar-refractivity contribution is 0.104. The third-order valence-corrected chi connectivity index (χ3v) is 1.71. The van der Waals surface area contributed by atoms with E-state index in [9.17, 15) is 4.79 Å². The van der Waals surface area contributed by atoms with Crippen LogP contribution in [0.2, 0.25) is 0 Å². The Labute approximate surface area is 84.1 Å². The van der Waals surface area contributed by atoms with Gasteiger partial charge in [-0.25, -0.2) is 0 Å². The van der Waals surface area contributed by atoms with Crippen molar-refractivity contribution >= 4 is 5.78 Å². The van der Waals surface area contributed by atoms with Crippen molar-refractivity contribution in [3.8, 4) is 0 Å². The van der Waals surface area contributed by atoms with Crippen molar-refractivity contribution in [1.82, 2.24) is 9.88 Å². The predicted octanol–water partition coefficient (Wildman–Crippen LogP) is 1.65. The lowest BCUT2D eigenvalue weighted by Gasteiger charge is -2.02. The number of allylic oxidation sites excluding steroid dienone is 1. The number of pyridine rings is 1. The molecule has 3 nitrogen and oxygen atoms in total. The van der Waals surface area contributed by atoms with Crippen LogP contribution in [0.1, 0.15) is 16.1 Å². The summed E-state index contributed by atoms with van der Waals surface area (Å²) in [7, 11) is 3.75. The van der Waals surface area contributed by atoms with E-state index >= 15 is 0 Å². The van der Waals surface area contributed by atoms with Crippen LogP contribution < -0.4 is 0 Å². The molecule has 0 bridgehead atoms. The van der Waals surface area contributed by atoms with Gasteiger partial charge in [-0.15, -0.1) is 0 Å². The lowest BCUT2D eigenvalue weighted by Crippen LogP contribution is -2.03. The molecule has 0 aromatic carbocycles. The number of carbonyl (C=O) groups is 1. The Morgan fingerprint density at radius 1 is 1.50 bits per heavy atom. The molecule has 0 spiro atoms. The quantitative estimate of drug-likeness (QED) is 0.536. The van der Waals surface area contributed by atoms with Gasteiger partial charge in [-0.3, -0.25) is 9.78 Å². The molecule has 14 heavy (non-hydrogen) atoms. The minimum atomic E-state index is 0.00389. The Bertz CT molecular complexity index is 356. The normalized spacial score (nSPS) is 10.5. The molecule has 74 valence electrons. The highest BCUT2D eigenvalue weighted by molar-refractivity contribution is 6.04. The van der Waals surface area contributed by atoms with Crippen molar-refractivity contribution in [3.05, 3.63) is 41.9 Å². The smallest absolute Gasteiger partial charge is 0.187 e. The second-order valence-electron chi connectivity index (χ2n) is 3.33. The average molecular weight is 190 g/mol. The molecule has 0 aliphatic rings. The number of nitrogens with zero attached hydrogens (tertiary/aromatic N) is 2. The molecule has 1 rings (SSSR count). The number of carbonyl (C=O) groups excluding carboxylic acids is 1. The zero-order chi connectivity index (χ0) is 10.6. The molecular weight excluding hydrogens is 176 g/mol. The van der Waals surface area contributed by atoms with Crippen LogP contribution in [0.3, 0.4) is 0 Å². The number of hydrogen-bond acceptors (Lipinski definition) is 3. The maximum absolute atomic E-state index is 11.6. The number of aromatic nitrogens is 1. The average Bonchev–Trinajstić information content (AvgIpc) is 2.14. The number of hydrogen-bond donors (Lipinski definition) is 0. The molecule has 0 N–H and O–H groups in total. The monoisotopic (exact) mass is 190 g/mol. The largest absolute Gasteiger partial charge is 0.383 e. The lowest BCUT2D eigenvalue weighted by atomic mass is 10.1. The van der Waals surface area contributed by atoms with Gasteiger partial charge in [0, 0.05) is 43.8 Å². The fraction of sp³-hybridized carbons (Fsp3) is 0.273. The van der Waals surface area contributed by atoms with Gasteiger partial charge in [-0.2, -0.15) is 0 Å². The number of aryl methyl sites for hydroxylation is 1. The Kier molecular flexibility index (Phi) is 3.40. The van der Waals surface area contributed by atoms with Crippen molar-refractivity contribution in [2.45, 2.75) is 6.92 Å². The SMILES string of the molecule is Cc1cc(C(=O)/C=C/N(C)C)ccn1. The highest BCUT2D eigenvalue weighted by Gasteiger charge is 2.01. The minimum Gasteiger partial charge on any atom is -0.383 e. The molecule has 0 radical (unpaired) electrons. The van der Waals surface area contributed by atoms with Crippen molar-refractivity contribution in [3.63, 3.8) is 0 Å². The first kappa shape index (κ1) is 10.4. The molecule has 3 heteroatoms. The Hall–Kier alpha value is -1.64. The molecule has 0 unspecified atom stereocenters. The van der Waals surface area contributed by atoms with Gasteiger partial charge in [0.25, 0.3) is 0 Å². The number of rotatable bonds is 3. The molecule has 0 atom stereocenters. The van der Waals surface area contributed by atoms with Crippen LogP contribution in [-0.4, -0.2) is 29.8 Å². The van der Waals surface area contributed by atoms with Gasteiger partial charge in [0.1, 0.15) is 0 Å². The summed E-state index contributed by atoms with van der Waals surface area (Å²) in [5, 5.41) is 0. The van der Waals surface area contributed by atoms with E-state index in [1.54, 1.807) is 30.6 Å². The van der Waals surface area contributed by atoms with E-state index in [0.29, 0.717) is 5.56 Å². The van der Waals surface area contributed by atoms with Crippen LogP contribution in [0.5, 0.6) is 0 Å². The fourth-order valence-electron chi connectivity index (χ4n) is 1.01. The van der Waals surface area contributed by atoms with Gasteiger partial charge < -0.3 is 4.90 Å². The summed E-state index contributed by atoms with van der Waals surface area (Å²) in [5.41, 5.74) is 1.53. The van der Waals surface area contributed by atoms with Gasteiger partial charge >= 0.3 is 0 Å². The molecular formula is C11H14N2O. The van der Waals surface area contributed by atoms with E-state index in [1.807, 2.05) is 25.9 Å². The first-order chi connectivity index (χ1) is 6.59. The maximum atomic E-state index is 11.6. The molecule has 1 heterocycles. The van der Waals surface area contributed by atoms with Gasteiger partial charge in [-0.05, 0) is 19.1 Å². The van der Waals surface area contributed by atoms with Crippen LogP contribution in [0.25, 0.3) is 0 Å². The van der Waals surface area contributed by atoms with Crippen molar-refractivity contribution < 1.29 is 4.79 Å². The summed E-state index contributed by atoms with van der Waals surface area (Å²) in [6.45, 7) is 1.87. The molecule has 1 aromatic heterocycles. The first-order valence-electron chi connectivity index (χ1n) is 4.41. The van der Waals surface area contributed by atoms with Crippen LogP contribution in [0, 0.1) is 6.92 Å². The van der Waals surface area contributed by atoms with Crippen LogP contribution in [0.15, 0.2) is 30.6 Å². The predicted molar refractivity (Wildman–Crippen MR) is 56.1 cm³/mol. The summed E-state index contributed by atoms with van der Waals surface area (Å²) in [4.78, 5) is 17.4. The van der Waals surface area contributed by atoms with E-state index in [0.717, 1.165) is 5.69 Å². The molecule has 1 aromatic rings. The fourth-order valence-corrected chi connectivity index (χ4v) is 1.01. The van der Waals surface area contributed by atoms with Gasteiger partial charge in [0.05, 0.1) is 0 Å². The highest BCUT2D eigenvalue weighted by Crippen LogP contribution is 2.02. The Balaban J connectivity index is 2.80. The highest BCUT2D eigenvalue weighted by atomic mass is 16.1. The van der Waals surface area contributed by atoms with E-state index < -0.39 is 0 Å². The Morgan fingerprint density at radius 2 is 2.21 bits per heavy atom. The zero-order valence-corrected chi connectivity index (χ0v) is 8.69. The summed E-state index contributed by atoms with van der Waals surface area (Å²) in [5.74, 6) is 0.00389. The second-order valence-corrected chi connectivity index (χ2v) is 3.33.